The van der Waals surface area contributed by atoms with Crippen molar-refractivity contribution in [3.8, 4) is 6.07 Å². The smallest absolute Gasteiger partial charge is 0.222 e. The topological polar surface area (TPSA) is 64.9 Å². The van der Waals surface area contributed by atoms with Gasteiger partial charge in [0.2, 0.25) is 5.91 Å². The summed E-state index contributed by atoms with van der Waals surface area (Å²) in [6.07, 6.45) is 5.00. The Morgan fingerprint density at radius 2 is 2.20 bits per heavy atom. The van der Waals surface area contributed by atoms with Gasteiger partial charge in [-0.15, -0.1) is 0 Å². The SMILES string of the molecule is CCNC(=O)CC(C#N)NC1CCCC1. The van der Waals surface area contributed by atoms with Crippen molar-refractivity contribution in [3.05, 3.63) is 0 Å². The first-order chi connectivity index (χ1) is 7.26. The lowest BCUT2D eigenvalue weighted by Crippen LogP contribution is -2.39. The Morgan fingerprint density at radius 1 is 1.53 bits per heavy atom. The summed E-state index contributed by atoms with van der Waals surface area (Å²) in [5.74, 6) is -0.0467. The van der Waals surface area contributed by atoms with Crippen LogP contribution in [0.1, 0.15) is 39.0 Å². The number of nitriles is 1. The minimum Gasteiger partial charge on any atom is -0.356 e. The predicted octanol–water partition coefficient (Wildman–Crippen LogP) is 0.937. The van der Waals surface area contributed by atoms with Gasteiger partial charge < -0.3 is 5.32 Å². The number of hydrogen-bond donors (Lipinski definition) is 2. The van der Waals surface area contributed by atoms with Crippen LogP contribution in [-0.2, 0) is 4.79 Å². The van der Waals surface area contributed by atoms with Crippen molar-refractivity contribution in [3.63, 3.8) is 0 Å². The third-order valence-electron chi connectivity index (χ3n) is 2.71. The van der Waals surface area contributed by atoms with E-state index in [0.717, 1.165) is 12.8 Å². The molecule has 0 spiro atoms. The Bertz CT molecular complexity index is 241. The van der Waals surface area contributed by atoms with E-state index in [-0.39, 0.29) is 18.4 Å². The highest BCUT2D eigenvalue weighted by molar-refractivity contribution is 5.76. The lowest BCUT2D eigenvalue weighted by Gasteiger charge is -2.16. The highest BCUT2D eigenvalue weighted by Gasteiger charge is 2.20. The Labute approximate surface area is 91.0 Å². The average molecular weight is 209 g/mol. The Morgan fingerprint density at radius 3 is 2.73 bits per heavy atom. The van der Waals surface area contributed by atoms with Crippen LogP contribution in [0.5, 0.6) is 0 Å². The normalized spacial score (nSPS) is 18.4. The Balaban J connectivity index is 2.29. The minimum atomic E-state index is -0.334. The average Bonchev–Trinajstić information content (AvgIpc) is 2.70. The number of rotatable bonds is 5. The van der Waals surface area contributed by atoms with Gasteiger partial charge in [0, 0.05) is 12.6 Å². The van der Waals surface area contributed by atoms with Gasteiger partial charge in [0.25, 0.3) is 0 Å². The zero-order valence-electron chi connectivity index (χ0n) is 9.25. The predicted molar refractivity (Wildman–Crippen MR) is 58.1 cm³/mol. The maximum Gasteiger partial charge on any atom is 0.222 e. The van der Waals surface area contributed by atoms with Crippen molar-refractivity contribution in [2.45, 2.75) is 51.1 Å². The summed E-state index contributed by atoms with van der Waals surface area (Å²) in [5, 5.41) is 14.8. The van der Waals surface area contributed by atoms with Crippen molar-refractivity contribution in [1.29, 1.82) is 5.26 Å². The molecule has 0 aromatic carbocycles. The fourth-order valence-electron chi connectivity index (χ4n) is 1.97. The number of hydrogen-bond acceptors (Lipinski definition) is 3. The molecule has 4 nitrogen and oxygen atoms in total. The van der Waals surface area contributed by atoms with Crippen LogP contribution >= 0.6 is 0 Å². The quantitative estimate of drug-likeness (QED) is 0.708. The summed E-state index contributed by atoms with van der Waals surface area (Å²) in [7, 11) is 0. The first-order valence-corrected chi connectivity index (χ1v) is 5.68. The van der Waals surface area contributed by atoms with Gasteiger partial charge in [-0.1, -0.05) is 12.8 Å². The molecule has 1 unspecified atom stereocenters. The summed E-state index contributed by atoms with van der Waals surface area (Å²) in [4.78, 5) is 11.3. The summed E-state index contributed by atoms with van der Waals surface area (Å²) < 4.78 is 0. The van der Waals surface area contributed by atoms with Crippen LogP contribution < -0.4 is 10.6 Å². The number of nitrogens with one attached hydrogen (secondary N) is 2. The standard InChI is InChI=1S/C11H19N3O/c1-2-13-11(15)7-10(8-12)14-9-5-3-4-6-9/h9-10,14H,2-7H2,1H3,(H,13,15). The number of carbonyl (C=O) groups is 1. The molecule has 1 amide bonds. The minimum absolute atomic E-state index is 0.0467. The molecule has 0 saturated heterocycles. The molecular formula is C11H19N3O. The fraction of sp³-hybridized carbons (Fsp3) is 0.818. The molecule has 15 heavy (non-hydrogen) atoms. The van der Waals surface area contributed by atoms with E-state index in [1.54, 1.807) is 0 Å². The van der Waals surface area contributed by atoms with Crippen LogP contribution in [0.2, 0.25) is 0 Å². The number of amides is 1. The molecule has 2 N–H and O–H groups in total. The van der Waals surface area contributed by atoms with Crippen LogP contribution in [0.15, 0.2) is 0 Å². The zero-order chi connectivity index (χ0) is 11.1. The second-order valence-corrected chi connectivity index (χ2v) is 3.99. The van der Waals surface area contributed by atoms with Gasteiger partial charge in [-0.05, 0) is 19.8 Å². The lowest BCUT2D eigenvalue weighted by atomic mass is 10.1. The van der Waals surface area contributed by atoms with Crippen molar-refractivity contribution in [1.82, 2.24) is 10.6 Å². The molecule has 0 aliphatic heterocycles. The van der Waals surface area contributed by atoms with Crippen LogP contribution in [-0.4, -0.2) is 24.5 Å². The fourth-order valence-corrected chi connectivity index (χ4v) is 1.97. The molecule has 0 aromatic rings. The molecular weight excluding hydrogens is 190 g/mol. The summed E-state index contributed by atoms with van der Waals surface area (Å²) in [6, 6.07) is 2.25. The second kappa shape index (κ2) is 6.41. The van der Waals surface area contributed by atoms with Crippen LogP contribution in [0, 0.1) is 11.3 Å². The molecule has 84 valence electrons. The summed E-state index contributed by atoms with van der Waals surface area (Å²) in [5.41, 5.74) is 0. The Hall–Kier alpha value is -1.08. The second-order valence-electron chi connectivity index (χ2n) is 3.99. The Kier molecular flexibility index (Phi) is 5.13. The molecule has 0 radical (unpaired) electrons. The molecule has 0 bridgehead atoms. The number of nitrogens with zero attached hydrogens (tertiary/aromatic N) is 1. The van der Waals surface area contributed by atoms with E-state index in [4.69, 9.17) is 5.26 Å². The highest BCUT2D eigenvalue weighted by Crippen LogP contribution is 2.18. The first kappa shape index (κ1) is 12.0. The zero-order valence-corrected chi connectivity index (χ0v) is 9.25. The van der Waals surface area contributed by atoms with Crippen LogP contribution in [0.4, 0.5) is 0 Å². The first-order valence-electron chi connectivity index (χ1n) is 5.68. The van der Waals surface area contributed by atoms with Crippen molar-refractivity contribution in [2.75, 3.05) is 6.54 Å². The molecule has 1 aliphatic carbocycles. The molecule has 1 fully saturated rings. The molecule has 1 atom stereocenters. The van der Waals surface area contributed by atoms with Crippen LogP contribution in [0.25, 0.3) is 0 Å². The van der Waals surface area contributed by atoms with E-state index in [1.165, 1.54) is 12.8 Å². The molecule has 4 heteroatoms. The van der Waals surface area contributed by atoms with E-state index in [1.807, 2.05) is 6.92 Å². The maximum atomic E-state index is 11.3. The van der Waals surface area contributed by atoms with E-state index in [0.29, 0.717) is 12.6 Å². The third kappa shape index (κ3) is 4.30. The van der Waals surface area contributed by atoms with Gasteiger partial charge in [0.1, 0.15) is 6.04 Å². The summed E-state index contributed by atoms with van der Waals surface area (Å²) in [6.45, 7) is 2.50. The van der Waals surface area contributed by atoms with Gasteiger partial charge >= 0.3 is 0 Å². The van der Waals surface area contributed by atoms with Gasteiger partial charge in [0.15, 0.2) is 0 Å². The van der Waals surface area contributed by atoms with Crippen molar-refractivity contribution in [2.24, 2.45) is 0 Å². The largest absolute Gasteiger partial charge is 0.356 e. The van der Waals surface area contributed by atoms with E-state index in [2.05, 4.69) is 16.7 Å². The van der Waals surface area contributed by atoms with E-state index < -0.39 is 0 Å². The van der Waals surface area contributed by atoms with Crippen molar-refractivity contribution < 1.29 is 4.79 Å². The van der Waals surface area contributed by atoms with E-state index in [9.17, 15) is 4.79 Å². The van der Waals surface area contributed by atoms with Gasteiger partial charge in [-0.3, -0.25) is 10.1 Å². The molecule has 0 heterocycles. The van der Waals surface area contributed by atoms with Gasteiger partial charge in [-0.2, -0.15) is 5.26 Å². The lowest BCUT2D eigenvalue weighted by molar-refractivity contribution is -0.121. The maximum absolute atomic E-state index is 11.3. The van der Waals surface area contributed by atoms with E-state index >= 15 is 0 Å². The third-order valence-corrected chi connectivity index (χ3v) is 2.71. The van der Waals surface area contributed by atoms with Gasteiger partial charge in [-0.25, -0.2) is 0 Å². The molecule has 0 aromatic heterocycles. The highest BCUT2D eigenvalue weighted by atomic mass is 16.1. The molecule has 1 aliphatic rings. The molecule has 1 rings (SSSR count). The summed E-state index contributed by atoms with van der Waals surface area (Å²) >= 11 is 0. The number of carbonyl (C=O) groups excluding carboxylic acids is 1. The monoisotopic (exact) mass is 209 g/mol. The molecule has 1 saturated carbocycles. The van der Waals surface area contributed by atoms with Crippen LogP contribution in [0.3, 0.4) is 0 Å². The van der Waals surface area contributed by atoms with Gasteiger partial charge in [0.05, 0.1) is 12.5 Å². The van der Waals surface area contributed by atoms with Crippen molar-refractivity contribution >= 4 is 5.91 Å².